The first-order chi connectivity index (χ1) is 15.6. The Kier molecular flexibility index (Phi) is 12.6. The number of nitrogens with zero attached hydrogens (tertiary/aromatic N) is 2. The van der Waals surface area contributed by atoms with E-state index in [1.54, 1.807) is 0 Å². The summed E-state index contributed by atoms with van der Waals surface area (Å²) in [5.41, 5.74) is 5.23. The first-order valence-corrected chi connectivity index (χ1v) is 13.2. The third-order valence-corrected chi connectivity index (χ3v) is 7.15. The number of hydrogen-bond acceptors (Lipinski definition) is 2. The summed E-state index contributed by atoms with van der Waals surface area (Å²) >= 11 is 6.71. The van der Waals surface area contributed by atoms with Crippen LogP contribution in [-0.4, -0.2) is 29.6 Å². The largest absolute Gasteiger partial charge is 0.355 e. The molecule has 0 atom stereocenters. The Bertz CT molecular complexity index is 750. The van der Waals surface area contributed by atoms with Crippen LogP contribution >= 0.6 is 11.6 Å². The number of halogens is 1. The molecule has 178 valence electrons. The van der Waals surface area contributed by atoms with Crippen LogP contribution in [0.4, 0.5) is 0 Å². The molecule has 32 heavy (non-hydrogen) atoms. The van der Waals surface area contributed by atoms with E-state index in [1.807, 2.05) is 12.2 Å². The molecule has 2 nitrogen and oxygen atoms in total. The van der Waals surface area contributed by atoms with Crippen LogP contribution in [0.15, 0.2) is 47.8 Å². The van der Waals surface area contributed by atoms with Crippen LogP contribution in [-0.2, 0) is 6.42 Å². The molecule has 2 rings (SSSR count). The maximum absolute atomic E-state index is 6.71. The number of allylic oxidation sites excluding steroid dienone is 3. The summed E-state index contributed by atoms with van der Waals surface area (Å²) in [4.78, 5) is 4.79. The molecule has 1 aliphatic heterocycles. The molecule has 0 aromatic heterocycles. The standard InChI is InChI=1S/C29H45ClN2/c1-5-7-9-10-11-12-13-14-15-16-22-31-24-32(29(30)26(31)4)23-21-27-19-17-18-25(3)28(27)20-8-6-2/h6,8,17-20H,2,5,7,9-16,21-24H2,1,3-4H3/b20-8-. The van der Waals surface area contributed by atoms with E-state index >= 15 is 0 Å². The van der Waals surface area contributed by atoms with Gasteiger partial charge >= 0.3 is 0 Å². The number of aryl methyl sites for hydroxylation is 1. The van der Waals surface area contributed by atoms with E-state index in [2.05, 4.69) is 61.4 Å². The molecule has 0 fully saturated rings. The fourth-order valence-corrected chi connectivity index (χ4v) is 4.81. The Morgan fingerprint density at radius 2 is 1.56 bits per heavy atom. The lowest BCUT2D eigenvalue weighted by Gasteiger charge is -2.23. The fraction of sp³-hybridized carbons (Fsp3) is 0.586. The molecule has 0 spiro atoms. The van der Waals surface area contributed by atoms with Crippen LogP contribution in [0.3, 0.4) is 0 Å². The molecule has 0 radical (unpaired) electrons. The van der Waals surface area contributed by atoms with Crippen LogP contribution < -0.4 is 0 Å². The highest BCUT2D eigenvalue weighted by molar-refractivity contribution is 6.29. The lowest BCUT2D eigenvalue weighted by atomic mass is 9.99. The van der Waals surface area contributed by atoms with E-state index in [4.69, 9.17) is 11.6 Å². The summed E-state index contributed by atoms with van der Waals surface area (Å²) in [6.07, 6.45) is 20.8. The Morgan fingerprint density at radius 1 is 0.906 bits per heavy atom. The van der Waals surface area contributed by atoms with Gasteiger partial charge in [-0.2, -0.15) is 0 Å². The van der Waals surface area contributed by atoms with E-state index in [-0.39, 0.29) is 0 Å². The average molecular weight is 457 g/mol. The fourth-order valence-electron chi connectivity index (χ4n) is 4.55. The number of benzene rings is 1. The lowest BCUT2D eigenvalue weighted by molar-refractivity contribution is 0.250. The number of rotatable bonds is 16. The van der Waals surface area contributed by atoms with E-state index in [9.17, 15) is 0 Å². The number of hydrogen-bond donors (Lipinski definition) is 0. The zero-order valence-electron chi connectivity index (χ0n) is 20.8. The van der Waals surface area contributed by atoms with Gasteiger partial charge in [-0.05, 0) is 43.4 Å². The maximum Gasteiger partial charge on any atom is 0.125 e. The summed E-state index contributed by atoms with van der Waals surface area (Å²) in [6, 6.07) is 6.56. The highest BCUT2D eigenvalue weighted by Gasteiger charge is 2.24. The van der Waals surface area contributed by atoms with Gasteiger partial charge in [-0.3, -0.25) is 0 Å². The van der Waals surface area contributed by atoms with Gasteiger partial charge in [-0.25, -0.2) is 0 Å². The van der Waals surface area contributed by atoms with Crippen molar-refractivity contribution >= 4 is 17.7 Å². The van der Waals surface area contributed by atoms with Crippen molar-refractivity contribution in [2.75, 3.05) is 19.8 Å². The minimum absolute atomic E-state index is 0.922. The van der Waals surface area contributed by atoms with E-state index in [0.717, 1.165) is 31.3 Å². The first kappa shape index (κ1) is 26.6. The molecule has 0 unspecified atom stereocenters. The van der Waals surface area contributed by atoms with Crippen LogP contribution in [0.2, 0.25) is 0 Å². The van der Waals surface area contributed by atoms with Crippen LogP contribution in [0, 0.1) is 6.92 Å². The summed E-state index contributed by atoms with van der Waals surface area (Å²) in [5.74, 6) is 0. The zero-order chi connectivity index (χ0) is 23.2. The summed E-state index contributed by atoms with van der Waals surface area (Å²) in [5, 5.41) is 0.924. The molecule has 3 heteroatoms. The summed E-state index contributed by atoms with van der Waals surface area (Å²) in [6.45, 7) is 13.4. The molecule has 1 aromatic carbocycles. The van der Waals surface area contributed by atoms with Gasteiger partial charge < -0.3 is 9.80 Å². The maximum atomic E-state index is 6.71. The van der Waals surface area contributed by atoms with Crippen molar-refractivity contribution in [2.24, 2.45) is 0 Å². The van der Waals surface area contributed by atoms with Gasteiger partial charge in [0.05, 0.1) is 6.67 Å². The van der Waals surface area contributed by atoms with E-state index in [1.165, 1.54) is 86.6 Å². The normalized spacial score (nSPS) is 14.2. The molecule has 1 heterocycles. The molecule has 0 saturated heterocycles. The first-order valence-electron chi connectivity index (χ1n) is 12.8. The monoisotopic (exact) mass is 456 g/mol. The lowest BCUT2D eigenvalue weighted by Crippen LogP contribution is -2.29. The highest BCUT2D eigenvalue weighted by Crippen LogP contribution is 2.28. The molecule has 0 amide bonds. The van der Waals surface area contributed by atoms with Gasteiger partial charge in [0.1, 0.15) is 5.16 Å². The zero-order valence-corrected chi connectivity index (χ0v) is 21.6. The second-order valence-corrected chi connectivity index (χ2v) is 9.58. The smallest absolute Gasteiger partial charge is 0.125 e. The van der Waals surface area contributed by atoms with Crippen molar-refractivity contribution in [3.8, 4) is 0 Å². The van der Waals surface area contributed by atoms with Gasteiger partial charge in [0.2, 0.25) is 0 Å². The topological polar surface area (TPSA) is 6.48 Å². The molecular weight excluding hydrogens is 412 g/mol. The van der Waals surface area contributed by atoms with Gasteiger partial charge in [0, 0.05) is 18.8 Å². The molecular formula is C29H45ClN2. The Hall–Kier alpha value is -1.67. The third-order valence-electron chi connectivity index (χ3n) is 6.64. The second-order valence-electron chi connectivity index (χ2n) is 9.22. The Morgan fingerprint density at radius 3 is 2.22 bits per heavy atom. The van der Waals surface area contributed by atoms with E-state index in [0.29, 0.717) is 0 Å². The molecule has 0 saturated carbocycles. The van der Waals surface area contributed by atoms with Crippen LogP contribution in [0.25, 0.3) is 6.08 Å². The van der Waals surface area contributed by atoms with E-state index < -0.39 is 0 Å². The van der Waals surface area contributed by atoms with Crippen molar-refractivity contribution in [1.82, 2.24) is 9.80 Å². The van der Waals surface area contributed by atoms with Gasteiger partial charge in [-0.1, -0.05) is 119 Å². The van der Waals surface area contributed by atoms with Crippen molar-refractivity contribution in [2.45, 2.75) is 91.4 Å². The average Bonchev–Trinajstić information content (AvgIpc) is 3.06. The molecule has 1 aromatic rings. The Labute approximate surface area is 203 Å². The number of unbranched alkanes of at least 4 members (excludes halogenated alkanes) is 9. The molecule has 0 N–H and O–H groups in total. The van der Waals surface area contributed by atoms with Crippen molar-refractivity contribution < 1.29 is 0 Å². The highest BCUT2D eigenvalue weighted by atomic mass is 35.5. The van der Waals surface area contributed by atoms with Crippen molar-refractivity contribution in [1.29, 1.82) is 0 Å². The predicted molar refractivity (Wildman–Crippen MR) is 143 cm³/mol. The second kappa shape index (κ2) is 15.2. The van der Waals surface area contributed by atoms with Crippen LogP contribution in [0.1, 0.15) is 94.7 Å². The molecule has 0 aliphatic carbocycles. The quantitative estimate of drug-likeness (QED) is 0.139. The minimum atomic E-state index is 0.922. The van der Waals surface area contributed by atoms with Gasteiger partial charge in [0.15, 0.2) is 0 Å². The van der Waals surface area contributed by atoms with Gasteiger partial charge in [0.25, 0.3) is 0 Å². The van der Waals surface area contributed by atoms with Crippen molar-refractivity contribution in [3.05, 3.63) is 64.5 Å². The molecule has 0 bridgehead atoms. The third kappa shape index (κ3) is 8.70. The summed E-state index contributed by atoms with van der Waals surface area (Å²) < 4.78 is 0. The Balaban J connectivity index is 1.71. The van der Waals surface area contributed by atoms with Crippen molar-refractivity contribution in [3.63, 3.8) is 0 Å². The predicted octanol–water partition coefficient (Wildman–Crippen LogP) is 8.66. The SMILES string of the molecule is C=C/C=C\c1c(C)cccc1CCN1CN(CCCCCCCCCCCC)C(C)=C1Cl. The summed E-state index contributed by atoms with van der Waals surface area (Å²) in [7, 11) is 0. The van der Waals surface area contributed by atoms with Gasteiger partial charge in [-0.15, -0.1) is 0 Å². The molecule has 1 aliphatic rings. The minimum Gasteiger partial charge on any atom is -0.355 e. The van der Waals surface area contributed by atoms with Crippen LogP contribution in [0.5, 0.6) is 0 Å².